The second-order valence-electron chi connectivity index (χ2n) is 9.10. The Morgan fingerprint density at radius 2 is 1.83 bits per heavy atom. The molecule has 0 heterocycles. The van der Waals surface area contributed by atoms with Gasteiger partial charge in [0.1, 0.15) is 0 Å². The molecule has 0 aromatic rings. The highest BCUT2D eigenvalue weighted by Gasteiger charge is 2.58. The van der Waals surface area contributed by atoms with Crippen LogP contribution in [0.25, 0.3) is 0 Å². The van der Waals surface area contributed by atoms with Gasteiger partial charge in [-0.05, 0) is 91.9 Å². The summed E-state index contributed by atoms with van der Waals surface area (Å²) in [7, 11) is 0. The van der Waals surface area contributed by atoms with Crippen molar-refractivity contribution in [1.29, 1.82) is 0 Å². The van der Waals surface area contributed by atoms with Crippen LogP contribution in [0, 0.1) is 34.5 Å². The summed E-state index contributed by atoms with van der Waals surface area (Å²) in [5, 5.41) is 10.3. The van der Waals surface area contributed by atoms with Crippen LogP contribution in [-0.2, 0) is 0 Å². The zero-order valence-electron chi connectivity index (χ0n) is 16.5. The number of fused-ring (bicyclic) bond motifs is 5. The molecule has 4 rings (SSSR count). The molecule has 7 atom stereocenters. The summed E-state index contributed by atoms with van der Waals surface area (Å²) in [4.78, 5) is 0. The molecule has 7 unspecified atom stereocenters. The lowest BCUT2D eigenvalue weighted by Gasteiger charge is -2.57. The van der Waals surface area contributed by atoms with Gasteiger partial charge in [-0.3, -0.25) is 0 Å². The molecule has 1 heteroatoms. The van der Waals surface area contributed by atoms with Gasteiger partial charge in [-0.2, -0.15) is 0 Å². The van der Waals surface area contributed by atoms with Gasteiger partial charge >= 0.3 is 0 Å². The lowest BCUT2D eigenvalue weighted by Crippen LogP contribution is -2.50. The smallest absolute Gasteiger partial charge is 0.0545 e. The zero-order chi connectivity index (χ0) is 17.5. The third-order valence-corrected chi connectivity index (χ3v) is 8.31. The highest BCUT2D eigenvalue weighted by Crippen LogP contribution is 2.66. The largest absolute Gasteiger partial charge is 0.393 e. The Bertz CT molecular complexity index is 516. The van der Waals surface area contributed by atoms with E-state index in [2.05, 4.69) is 32.1 Å². The first-order valence-corrected chi connectivity index (χ1v) is 10.5. The van der Waals surface area contributed by atoms with E-state index in [9.17, 15) is 5.11 Å². The van der Waals surface area contributed by atoms with E-state index in [-0.39, 0.29) is 6.10 Å². The number of allylic oxidation sites excluding steroid dienone is 4. The van der Waals surface area contributed by atoms with Gasteiger partial charge in [-0.25, -0.2) is 0 Å². The molecule has 0 spiro atoms. The fourth-order valence-electron chi connectivity index (χ4n) is 7.13. The summed E-state index contributed by atoms with van der Waals surface area (Å²) in [5.74, 6) is 3.11. The van der Waals surface area contributed by atoms with E-state index >= 15 is 0 Å². The molecule has 0 radical (unpaired) electrons. The van der Waals surface area contributed by atoms with Gasteiger partial charge in [-0.15, -0.1) is 0 Å². The summed E-state index contributed by atoms with van der Waals surface area (Å²) < 4.78 is 0. The molecule has 2 fully saturated rings. The maximum Gasteiger partial charge on any atom is 0.0545 e. The van der Waals surface area contributed by atoms with Crippen molar-refractivity contribution in [2.75, 3.05) is 0 Å². The fourth-order valence-corrected chi connectivity index (χ4v) is 7.13. The van der Waals surface area contributed by atoms with Crippen LogP contribution >= 0.6 is 0 Å². The number of aliphatic hydroxyl groups is 1. The van der Waals surface area contributed by atoms with Crippen LogP contribution in [-0.4, -0.2) is 11.2 Å². The predicted octanol–water partition coefficient (Wildman–Crippen LogP) is 6.14. The molecule has 24 heavy (non-hydrogen) atoms. The highest BCUT2D eigenvalue weighted by molar-refractivity contribution is 5.34. The Morgan fingerprint density at radius 3 is 2.54 bits per heavy atom. The van der Waals surface area contributed by atoms with Gasteiger partial charge in [-0.1, -0.05) is 45.9 Å². The molecule has 2 saturated carbocycles. The van der Waals surface area contributed by atoms with E-state index in [1.807, 2.05) is 20.8 Å². The number of rotatable bonds is 1. The fraction of sp³-hybridized carbons (Fsp3) is 0.826. The van der Waals surface area contributed by atoms with E-state index < -0.39 is 0 Å². The van der Waals surface area contributed by atoms with Crippen molar-refractivity contribution in [3.05, 3.63) is 23.8 Å². The molecule has 1 nitrogen and oxygen atoms in total. The van der Waals surface area contributed by atoms with Crippen molar-refractivity contribution in [2.24, 2.45) is 34.5 Å². The first kappa shape index (κ1) is 18.2. The average molecular weight is 331 g/mol. The van der Waals surface area contributed by atoms with Gasteiger partial charge in [0.05, 0.1) is 6.10 Å². The van der Waals surface area contributed by atoms with Crippen molar-refractivity contribution in [1.82, 2.24) is 0 Å². The minimum atomic E-state index is -0.130. The average Bonchev–Trinajstić information content (AvgIpc) is 2.93. The van der Waals surface area contributed by atoms with Crippen LogP contribution in [0.1, 0.15) is 79.6 Å². The second kappa shape index (κ2) is 6.63. The Kier molecular flexibility index (Phi) is 5.04. The molecule has 0 amide bonds. The van der Waals surface area contributed by atoms with Crippen LogP contribution in [0.5, 0.6) is 0 Å². The molecule has 4 aliphatic carbocycles. The Hall–Kier alpha value is -0.560. The summed E-state index contributed by atoms with van der Waals surface area (Å²) in [6.45, 7) is 11.1. The second-order valence-corrected chi connectivity index (χ2v) is 9.10. The topological polar surface area (TPSA) is 20.2 Å². The first-order valence-electron chi connectivity index (χ1n) is 10.5. The molecule has 0 saturated heterocycles. The van der Waals surface area contributed by atoms with E-state index in [1.165, 1.54) is 44.9 Å². The SMILES string of the molecule is CC.CC(O)C1CCC2C3CC=C4C=CCCC4(C)C3CCC12C. The van der Waals surface area contributed by atoms with Crippen LogP contribution in [0.4, 0.5) is 0 Å². The van der Waals surface area contributed by atoms with Gasteiger partial charge in [0.2, 0.25) is 0 Å². The third kappa shape index (κ3) is 2.54. The van der Waals surface area contributed by atoms with Crippen LogP contribution in [0.3, 0.4) is 0 Å². The maximum absolute atomic E-state index is 10.3. The van der Waals surface area contributed by atoms with Crippen molar-refractivity contribution in [3.8, 4) is 0 Å². The van der Waals surface area contributed by atoms with Crippen molar-refractivity contribution >= 4 is 0 Å². The molecule has 0 aromatic carbocycles. The Labute approximate surface area is 149 Å². The zero-order valence-corrected chi connectivity index (χ0v) is 16.5. The minimum Gasteiger partial charge on any atom is -0.393 e. The number of aliphatic hydroxyl groups excluding tert-OH is 1. The summed E-state index contributed by atoms with van der Waals surface area (Å²) >= 11 is 0. The number of hydrogen-bond acceptors (Lipinski definition) is 1. The van der Waals surface area contributed by atoms with Gasteiger partial charge in [0, 0.05) is 0 Å². The van der Waals surface area contributed by atoms with Gasteiger partial charge in [0.15, 0.2) is 0 Å². The molecule has 0 aromatic heterocycles. The third-order valence-electron chi connectivity index (χ3n) is 8.31. The molecular weight excluding hydrogens is 292 g/mol. The molecule has 0 bridgehead atoms. The minimum absolute atomic E-state index is 0.130. The molecule has 1 N–H and O–H groups in total. The Balaban J connectivity index is 0.000000815. The predicted molar refractivity (Wildman–Crippen MR) is 103 cm³/mol. The summed E-state index contributed by atoms with van der Waals surface area (Å²) in [5.41, 5.74) is 2.46. The van der Waals surface area contributed by atoms with E-state index in [4.69, 9.17) is 0 Å². The van der Waals surface area contributed by atoms with Crippen LogP contribution in [0.15, 0.2) is 23.8 Å². The van der Waals surface area contributed by atoms with Crippen molar-refractivity contribution < 1.29 is 5.11 Å². The quantitative estimate of drug-likeness (QED) is 0.612. The molecular formula is C23H38O. The molecule has 136 valence electrons. The normalized spacial score (nSPS) is 47.5. The monoisotopic (exact) mass is 330 g/mol. The standard InChI is InChI=1S/C21H32O.C2H6/c1-14(22)17-9-10-18-16-8-7-15-6-4-5-12-20(15,2)19(16)11-13-21(17,18)3;1-2/h4,6-7,14,16-19,22H,5,8-13H2,1-3H3;1-2H3. The van der Waals surface area contributed by atoms with Crippen LogP contribution < -0.4 is 0 Å². The van der Waals surface area contributed by atoms with Gasteiger partial charge in [0.25, 0.3) is 0 Å². The number of hydrogen-bond donors (Lipinski definition) is 1. The van der Waals surface area contributed by atoms with Crippen LogP contribution in [0.2, 0.25) is 0 Å². The maximum atomic E-state index is 10.3. The summed E-state index contributed by atoms with van der Waals surface area (Å²) in [6, 6.07) is 0. The Morgan fingerprint density at radius 1 is 1.08 bits per heavy atom. The van der Waals surface area contributed by atoms with E-state index in [1.54, 1.807) is 5.57 Å². The van der Waals surface area contributed by atoms with Crippen molar-refractivity contribution in [2.45, 2.75) is 85.7 Å². The first-order chi connectivity index (χ1) is 11.5. The van der Waals surface area contributed by atoms with Crippen molar-refractivity contribution in [3.63, 3.8) is 0 Å². The lowest BCUT2D eigenvalue weighted by molar-refractivity contribution is -0.0581. The van der Waals surface area contributed by atoms with E-state index in [0.717, 1.165) is 17.8 Å². The van der Waals surface area contributed by atoms with E-state index in [0.29, 0.717) is 16.7 Å². The van der Waals surface area contributed by atoms with Gasteiger partial charge < -0.3 is 5.11 Å². The lowest BCUT2D eigenvalue weighted by atomic mass is 9.48. The summed E-state index contributed by atoms with van der Waals surface area (Å²) in [6.07, 6.45) is 16.4. The molecule has 0 aliphatic heterocycles. The highest BCUT2D eigenvalue weighted by atomic mass is 16.3. The molecule has 4 aliphatic rings.